The first-order valence-corrected chi connectivity index (χ1v) is 3.54. The van der Waals surface area contributed by atoms with Crippen LogP contribution in [0, 0.1) is 5.82 Å². The number of nitrogens with zero attached hydrogens (tertiary/aromatic N) is 3. The summed E-state index contributed by atoms with van der Waals surface area (Å²) in [6.07, 6.45) is 1.33. The minimum absolute atomic E-state index is 0.116. The predicted molar refractivity (Wildman–Crippen MR) is 39.5 cm³/mol. The summed E-state index contributed by atoms with van der Waals surface area (Å²) in [7, 11) is 0. The summed E-state index contributed by atoms with van der Waals surface area (Å²) in [5.74, 6) is -0.662. The summed E-state index contributed by atoms with van der Waals surface area (Å²) in [5, 5.41) is 18.3. The van der Waals surface area contributed by atoms with Gasteiger partial charge in [0.1, 0.15) is 10.8 Å². The van der Waals surface area contributed by atoms with Crippen LogP contribution in [0.25, 0.3) is 5.69 Å². The van der Waals surface area contributed by atoms with Crippen molar-refractivity contribution < 1.29 is 14.2 Å². The van der Waals surface area contributed by atoms with Gasteiger partial charge in [0.25, 0.3) is 6.33 Å². The van der Waals surface area contributed by atoms with Gasteiger partial charge in [-0.1, -0.05) is 5.21 Å². The van der Waals surface area contributed by atoms with Gasteiger partial charge >= 0.3 is 0 Å². The number of hydrogen-bond acceptors (Lipinski definition) is 3. The molecule has 0 atom stereocenters. The monoisotopic (exact) mass is 181 g/mol. The molecule has 1 heterocycles. The van der Waals surface area contributed by atoms with Gasteiger partial charge in [-0.25, -0.2) is 4.39 Å². The summed E-state index contributed by atoms with van der Waals surface area (Å²) >= 11 is 0. The van der Waals surface area contributed by atoms with E-state index >= 15 is 0 Å². The Morgan fingerprint density at radius 1 is 1.46 bits per heavy atom. The van der Waals surface area contributed by atoms with Gasteiger partial charge in [-0.15, -0.1) is 4.68 Å². The van der Waals surface area contributed by atoms with E-state index < -0.39 is 5.82 Å². The van der Waals surface area contributed by atoms with Crippen molar-refractivity contribution in [2.75, 3.05) is 0 Å². The second kappa shape index (κ2) is 2.81. The van der Waals surface area contributed by atoms with Crippen molar-refractivity contribution in [1.29, 1.82) is 0 Å². The number of H-pyrrole nitrogens is 1. The maximum Gasteiger partial charge on any atom is 0.293 e. The Hall–Kier alpha value is -1.98. The summed E-state index contributed by atoms with van der Waals surface area (Å²) in [4.78, 5) is 0. The van der Waals surface area contributed by atoms with Crippen LogP contribution in [0.1, 0.15) is 0 Å². The highest BCUT2D eigenvalue weighted by molar-refractivity contribution is 5.31. The van der Waals surface area contributed by atoms with E-state index in [2.05, 4.69) is 15.5 Å². The lowest BCUT2D eigenvalue weighted by molar-refractivity contribution is -0.662. The standard InChI is InChI=1S/C7H5FN4O/c8-6-3-5(13)1-2-7(6)12-4-9-10-11-12/h1-4,13H/p+1. The summed E-state index contributed by atoms with van der Waals surface area (Å²) in [5.41, 5.74) is 0.253. The molecule has 1 aromatic carbocycles. The van der Waals surface area contributed by atoms with Crippen molar-refractivity contribution in [2.24, 2.45) is 0 Å². The molecule has 66 valence electrons. The molecule has 0 saturated heterocycles. The van der Waals surface area contributed by atoms with Gasteiger partial charge in [0.15, 0.2) is 16.7 Å². The molecule has 6 heteroatoms. The highest BCUT2D eigenvalue weighted by Crippen LogP contribution is 2.13. The van der Waals surface area contributed by atoms with E-state index in [0.717, 1.165) is 6.07 Å². The number of phenols is 1. The summed E-state index contributed by atoms with van der Waals surface area (Å²) < 4.78 is 14.5. The first kappa shape index (κ1) is 7.66. The number of aromatic amines is 1. The van der Waals surface area contributed by atoms with Crippen LogP contribution >= 0.6 is 0 Å². The SMILES string of the molecule is Oc1ccc(-[n+]2cnn[nH]2)c(F)c1. The van der Waals surface area contributed by atoms with Crippen LogP contribution < -0.4 is 4.68 Å². The van der Waals surface area contributed by atoms with Gasteiger partial charge in [-0.3, -0.25) is 0 Å². The van der Waals surface area contributed by atoms with Gasteiger partial charge in [0.2, 0.25) is 0 Å². The average Bonchev–Trinajstić information content (AvgIpc) is 2.56. The highest BCUT2D eigenvalue weighted by atomic mass is 19.1. The van der Waals surface area contributed by atoms with Crippen LogP contribution in [-0.4, -0.2) is 20.6 Å². The molecule has 0 unspecified atom stereocenters. The fourth-order valence-corrected chi connectivity index (χ4v) is 0.985. The first-order valence-electron chi connectivity index (χ1n) is 3.54. The molecular formula is C7H6FN4O+. The number of nitrogens with one attached hydrogen (secondary N) is 1. The Labute approximate surface area is 72.4 Å². The molecule has 0 aliphatic heterocycles. The lowest BCUT2D eigenvalue weighted by Crippen LogP contribution is -2.33. The molecule has 2 rings (SSSR count). The number of aromatic nitrogens is 4. The second-order valence-corrected chi connectivity index (χ2v) is 2.44. The van der Waals surface area contributed by atoms with Crippen LogP contribution in [0.2, 0.25) is 0 Å². The van der Waals surface area contributed by atoms with E-state index in [1.165, 1.54) is 23.1 Å². The molecule has 1 aromatic heterocycles. The van der Waals surface area contributed by atoms with Gasteiger partial charge in [-0.2, -0.15) is 0 Å². The number of halogens is 1. The second-order valence-electron chi connectivity index (χ2n) is 2.44. The Kier molecular flexibility index (Phi) is 1.66. The molecule has 0 aliphatic carbocycles. The molecule has 0 aliphatic rings. The molecule has 0 saturated carbocycles. The van der Waals surface area contributed by atoms with Crippen molar-refractivity contribution in [1.82, 2.24) is 15.5 Å². The largest absolute Gasteiger partial charge is 0.508 e. The zero-order valence-electron chi connectivity index (χ0n) is 6.48. The van der Waals surface area contributed by atoms with Crippen molar-refractivity contribution in [3.8, 4) is 11.4 Å². The summed E-state index contributed by atoms with van der Waals surface area (Å²) in [6, 6.07) is 3.82. The maximum atomic E-state index is 13.2. The number of tetrazole rings is 1. The lowest BCUT2D eigenvalue weighted by Gasteiger charge is -1.97. The zero-order valence-corrected chi connectivity index (χ0v) is 6.48. The number of phenolic OH excluding ortho intramolecular Hbond substituents is 1. The molecule has 0 radical (unpaired) electrons. The molecular weight excluding hydrogens is 175 g/mol. The van der Waals surface area contributed by atoms with E-state index in [9.17, 15) is 4.39 Å². The van der Waals surface area contributed by atoms with E-state index in [4.69, 9.17) is 5.11 Å². The number of benzene rings is 1. The zero-order chi connectivity index (χ0) is 9.26. The Balaban J connectivity index is 2.53. The number of rotatable bonds is 1. The van der Waals surface area contributed by atoms with Crippen LogP contribution in [0.15, 0.2) is 24.5 Å². The average molecular weight is 181 g/mol. The summed E-state index contributed by atoms with van der Waals surface area (Å²) in [6.45, 7) is 0. The van der Waals surface area contributed by atoms with Gasteiger partial charge in [0.05, 0.1) is 0 Å². The Bertz CT molecular complexity index is 414. The smallest absolute Gasteiger partial charge is 0.293 e. The van der Waals surface area contributed by atoms with Crippen LogP contribution in [0.3, 0.4) is 0 Å². The predicted octanol–water partition coefficient (Wildman–Crippen LogP) is -0.0739. The molecule has 2 N–H and O–H groups in total. The third kappa shape index (κ3) is 1.33. The van der Waals surface area contributed by atoms with Gasteiger partial charge in [0, 0.05) is 6.07 Å². The van der Waals surface area contributed by atoms with Gasteiger partial charge in [-0.05, 0) is 12.1 Å². The maximum absolute atomic E-state index is 13.2. The van der Waals surface area contributed by atoms with Crippen molar-refractivity contribution >= 4 is 0 Å². The molecule has 0 fully saturated rings. The van der Waals surface area contributed by atoms with Gasteiger partial charge < -0.3 is 5.11 Å². The molecule has 5 nitrogen and oxygen atoms in total. The van der Waals surface area contributed by atoms with E-state index in [1.807, 2.05) is 0 Å². The quantitative estimate of drug-likeness (QED) is 0.605. The van der Waals surface area contributed by atoms with E-state index in [0.29, 0.717) is 0 Å². The molecule has 0 spiro atoms. The molecule has 2 aromatic rings. The van der Waals surface area contributed by atoms with E-state index in [-0.39, 0.29) is 11.4 Å². The first-order chi connectivity index (χ1) is 6.27. The van der Waals surface area contributed by atoms with Crippen LogP contribution in [0.4, 0.5) is 4.39 Å². The van der Waals surface area contributed by atoms with Crippen molar-refractivity contribution in [3.63, 3.8) is 0 Å². The minimum atomic E-state index is -0.545. The topological polar surface area (TPSA) is 65.7 Å². The normalized spacial score (nSPS) is 10.2. The molecule has 0 amide bonds. The minimum Gasteiger partial charge on any atom is -0.508 e. The van der Waals surface area contributed by atoms with E-state index in [1.54, 1.807) is 0 Å². The Morgan fingerprint density at radius 3 is 2.92 bits per heavy atom. The fourth-order valence-electron chi connectivity index (χ4n) is 0.985. The highest BCUT2D eigenvalue weighted by Gasteiger charge is 2.10. The lowest BCUT2D eigenvalue weighted by atomic mass is 10.3. The van der Waals surface area contributed by atoms with Crippen LogP contribution in [-0.2, 0) is 0 Å². The van der Waals surface area contributed by atoms with Crippen molar-refractivity contribution in [2.45, 2.75) is 0 Å². The molecule has 13 heavy (non-hydrogen) atoms. The third-order valence-electron chi connectivity index (χ3n) is 1.57. The molecule has 0 bridgehead atoms. The number of hydrogen-bond donors (Lipinski definition) is 2. The van der Waals surface area contributed by atoms with Crippen molar-refractivity contribution in [3.05, 3.63) is 30.3 Å². The third-order valence-corrected chi connectivity index (χ3v) is 1.57. The Morgan fingerprint density at radius 2 is 2.31 bits per heavy atom. The number of aromatic hydroxyl groups is 1. The fraction of sp³-hybridized carbons (Fsp3) is 0. The van der Waals surface area contributed by atoms with Crippen LogP contribution in [0.5, 0.6) is 5.75 Å².